The number of carbonyl (C=O) groups is 1. The number of rotatable bonds is 9. The fourth-order valence-corrected chi connectivity index (χ4v) is 8.18. The largest absolute Gasteiger partial charge is 0.477 e. The van der Waals surface area contributed by atoms with Crippen LogP contribution in [0.4, 0.5) is 0 Å². The third kappa shape index (κ3) is 5.41. The fourth-order valence-electron chi connectivity index (χ4n) is 8.18. The van der Waals surface area contributed by atoms with Gasteiger partial charge in [-0.2, -0.15) is 5.10 Å². The Kier molecular flexibility index (Phi) is 7.33. The predicted molar refractivity (Wildman–Crippen MR) is 136 cm³/mol. The summed E-state index contributed by atoms with van der Waals surface area (Å²) in [5.41, 5.74) is 0.636. The quantitative estimate of drug-likeness (QED) is 0.499. The number of piperidine rings is 1. The highest BCUT2D eigenvalue weighted by molar-refractivity contribution is 5.96. The van der Waals surface area contributed by atoms with Gasteiger partial charge in [0.2, 0.25) is 5.88 Å². The van der Waals surface area contributed by atoms with Crippen molar-refractivity contribution >= 4 is 5.91 Å². The maximum atomic E-state index is 13.6. The van der Waals surface area contributed by atoms with E-state index in [-0.39, 0.29) is 5.91 Å². The van der Waals surface area contributed by atoms with Gasteiger partial charge in [0.05, 0.1) is 19.3 Å². The molecule has 1 aromatic heterocycles. The molecule has 0 radical (unpaired) electrons. The van der Waals surface area contributed by atoms with Gasteiger partial charge in [-0.1, -0.05) is 19.3 Å². The van der Waals surface area contributed by atoms with E-state index in [2.05, 4.69) is 21.0 Å². The molecule has 1 aromatic rings. The van der Waals surface area contributed by atoms with Gasteiger partial charge in [0.1, 0.15) is 5.56 Å². The summed E-state index contributed by atoms with van der Waals surface area (Å²) in [4.78, 5) is 13.6. The molecule has 1 saturated heterocycles. The first kappa shape index (κ1) is 23.8. The summed E-state index contributed by atoms with van der Waals surface area (Å²) in [7, 11) is 0. The van der Waals surface area contributed by atoms with E-state index >= 15 is 0 Å². The molecular weight excluding hydrogens is 438 g/mol. The first-order chi connectivity index (χ1) is 17.2. The fraction of sp³-hybridized carbons (Fsp3) is 0.857. The van der Waals surface area contributed by atoms with E-state index in [0.29, 0.717) is 47.9 Å². The molecule has 0 unspecified atom stereocenters. The van der Waals surface area contributed by atoms with Crippen LogP contribution in [0.1, 0.15) is 87.4 Å². The summed E-state index contributed by atoms with van der Waals surface area (Å²) in [5.74, 6) is 4.48. The Morgan fingerprint density at radius 2 is 1.71 bits per heavy atom. The lowest BCUT2D eigenvalue weighted by Gasteiger charge is -2.54. The van der Waals surface area contributed by atoms with Crippen LogP contribution in [-0.2, 0) is 6.54 Å². The van der Waals surface area contributed by atoms with Gasteiger partial charge in [0.15, 0.2) is 0 Å². The normalized spacial score (nSPS) is 33.2. The number of hydrogen-bond donors (Lipinski definition) is 3. The molecule has 0 aromatic carbocycles. The lowest BCUT2D eigenvalue weighted by atomic mass is 9.54. The van der Waals surface area contributed by atoms with Crippen molar-refractivity contribution in [3.63, 3.8) is 0 Å². The second-order valence-corrected chi connectivity index (χ2v) is 12.3. The number of nitrogens with zero attached hydrogens (tertiary/aromatic N) is 2. The average molecular weight is 484 g/mol. The second-order valence-electron chi connectivity index (χ2n) is 12.3. The summed E-state index contributed by atoms with van der Waals surface area (Å²) in [6.45, 7) is 4.46. The molecule has 7 heteroatoms. The molecule has 5 saturated carbocycles. The number of nitrogens with one attached hydrogen (secondary N) is 3. The number of ether oxygens (including phenoxy) is 1. The van der Waals surface area contributed by atoms with Crippen molar-refractivity contribution in [2.24, 2.45) is 29.6 Å². The van der Waals surface area contributed by atoms with Gasteiger partial charge in [0.25, 0.3) is 5.91 Å². The van der Waals surface area contributed by atoms with Gasteiger partial charge in [-0.15, -0.1) is 0 Å². The summed E-state index contributed by atoms with van der Waals surface area (Å²) < 4.78 is 8.35. The molecule has 35 heavy (non-hydrogen) atoms. The second kappa shape index (κ2) is 10.8. The monoisotopic (exact) mass is 483 g/mol. The van der Waals surface area contributed by atoms with E-state index in [0.717, 1.165) is 38.0 Å². The molecule has 3 N–H and O–H groups in total. The molecule has 194 valence electrons. The molecule has 7 rings (SSSR count). The number of amides is 1. The zero-order valence-corrected chi connectivity index (χ0v) is 21.4. The highest BCUT2D eigenvalue weighted by atomic mass is 16.5. The first-order valence-electron chi connectivity index (χ1n) is 14.7. The van der Waals surface area contributed by atoms with E-state index in [1.54, 1.807) is 6.20 Å². The van der Waals surface area contributed by atoms with E-state index in [1.165, 1.54) is 77.0 Å². The minimum atomic E-state index is 0.0266. The summed E-state index contributed by atoms with van der Waals surface area (Å²) in [5, 5.41) is 15.2. The molecule has 0 spiro atoms. The van der Waals surface area contributed by atoms with Gasteiger partial charge in [-0.3, -0.25) is 4.79 Å². The zero-order chi connectivity index (χ0) is 23.6. The van der Waals surface area contributed by atoms with Crippen LogP contribution in [0.3, 0.4) is 0 Å². The van der Waals surface area contributed by atoms with E-state index in [9.17, 15) is 4.79 Å². The van der Waals surface area contributed by atoms with Crippen LogP contribution in [0.5, 0.6) is 5.88 Å². The number of hydrogen-bond acceptors (Lipinski definition) is 5. The van der Waals surface area contributed by atoms with Crippen LogP contribution in [0, 0.1) is 29.6 Å². The molecule has 6 fully saturated rings. The molecule has 1 aliphatic heterocycles. The lowest BCUT2D eigenvalue weighted by Crippen LogP contribution is -2.55. The molecule has 6 aliphatic rings. The molecule has 2 heterocycles. The SMILES string of the molecule is O=C(NC1C2CC3CC(C2)CC1C3)c1cnn(CCNC2CCNCC2)c1OCC1CCCCC1. The van der Waals surface area contributed by atoms with Gasteiger partial charge in [-0.05, 0) is 100 Å². The van der Waals surface area contributed by atoms with Crippen molar-refractivity contribution < 1.29 is 9.53 Å². The third-order valence-electron chi connectivity index (χ3n) is 9.84. The Morgan fingerprint density at radius 3 is 2.43 bits per heavy atom. The van der Waals surface area contributed by atoms with Crippen LogP contribution in [0.25, 0.3) is 0 Å². The maximum absolute atomic E-state index is 13.6. The van der Waals surface area contributed by atoms with Crippen LogP contribution in [-0.4, -0.2) is 54.0 Å². The first-order valence-corrected chi connectivity index (χ1v) is 14.7. The van der Waals surface area contributed by atoms with Crippen molar-refractivity contribution in [1.82, 2.24) is 25.7 Å². The summed E-state index contributed by atoms with van der Waals surface area (Å²) in [6, 6.07) is 0.907. The van der Waals surface area contributed by atoms with E-state index in [1.807, 2.05) is 4.68 Å². The summed E-state index contributed by atoms with van der Waals surface area (Å²) in [6.07, 6.45) is 17.2. The Morgan fingerprint density at radius 1 is 1.00 bits per heavy atom. The maximum Gasteiger partial charge on any atom is 0.258 e. The topological polar surface area (TPSA) is 80.2 Å². The Balaban J connectivity index is 1.12. The number of aromatic nitrogens is 2. The predicted octanol–water partition coefficient (Wildman–Crippen LogP) is 3.74. The van der Waals surface area contributed by atoms with Crippen molar-refractivity contribution in [1.29, 1.82) is 0 Å². The smallest absolute Gasteiger partial charge is 0.258 e. The Hall–Kier alpha value is -1.60. The minimum absolute atomic E-state index is 0.0266. The van der Waals surface area contributed by atoms with Gasteiger partial charge in [-0.25, -0.2) is 4.68 Å². The Labute approximate surface area is 210 Å². The zero-order valence-electron chi connectivity index (χ0n) is 21.4. The molecular formula is C28H45N5O2. The van der Waals surface area contributed by atoms with Crippen molar-refractivity contribution in [3.05, 3.63) is 11.8 Å². The molecule has 7 nitrogen and oxygen atoms in total. The summed E-state index contributed by atoms with van der Waals surface area (Å²) >= 11 is 0. The lowest BCUT2D eigenvalue weighted by molar-refractivity contribution is -0.0120. The van der Waals surface area contributed by atoms with Crippen LogP contribution in [0.2, 0.25) is 0 Å². The standard InChI is InChI=1S/C28H45N5O2/c34-27(32-26-22-13-20-12-21(15-22)16-23(26)14-20)25-17-31-33(11-10-30-24-6-8-29-9-7-24)28(25)35-18-19-4-2-1-3-5-19/h17,19-24,26,29-30H,1-16,18H2,(H,32,34). The Bertz CT molecular complexity index is 830. The van der Waals surface area contributed by atoms with Gasteiger partial charge in [0, 0.05) is 18.6 Å². The highest BCUT2D eigenvalue weighted by Gasteiger charge is 2.48. The van der Waals surface area contributed by atoms with Gasteiger partial charge < -0.3 is 20.7 Å². The van der Waals surface area contributed by atoms with Crippen LogP contribution >= 0.6 is 0 Å². The average Bonchev–Trinajstić information content (AvgIpc) is 3.28. The van der Waals surface area contributed by atoms with Crippen LogP contribution < -0.4 is 20.7 Å². The minimum Gasteiger partial charge on any atom is -0.477 e. The molecule has 4 bridgehead atoms. The molecule has 0 atom stereocenters. The van der Waals surface area contributed by atoms with Crippen LogP contribution in [0.15, 0.2) is 6.20 Å². The highest BCUT2D eigenvalue weighted by Crippen LogP contribution is 2.53. The third-order valence-corrected chi connectivity index (χ3v) is 9.84. The van der Waals surface area contributed by atoms with Crippen molar-refractivity contribution in [2.45, 2.75) is 95.7 Å². The van der Waals surface area contributed by atoms with E-state index in [4.69, 9.17) is 4.74 Å². The van der Waals surface area contributed by atoms with E-state index < -0.39 is 0 Å². The van der Waals surface area contributed by atoms with Gasteiger partial charge >= 0.3 is 0 Å². The molecule has 5 aliphatic carbocycles. The number of carbonyl (C=O) groups excluding carboxylic acids is 1. The van der Waals surface area contributed by atoms with Crippen molar-refractivity contribution in [3.8, 4) is 5.88 Å². The molecule has 1 amide bonds. The van der Waals surface area contributed by atoms with Crippen molar-refractivity contribution in [2.75, 3.05) is 26.2 Å².